The van der Waals surface area contributed by atoms with Crippen molar-refractivity contribution >= 4 is 5.91 Å². The van der Waals surface area contributed by atoms with Gasteiger partial charge in [-0.05, 0) is 55.5 Å². The molecule has 2 fully saturated rings. The lowest BCUT2D eigenvalue weighted by Crippen LogP contribution is -2.66. The highest BCUT2D eigenvalue weighted by molar-refractivity contribution is 5.95. The molecule has 6 heteroatoms. The molecular weight excluding hydrogens is 344 g/mol. The number of aromatic hydroxyl groups is 1. The minimum Gasteiger partial charge on any atom is -0.508 e. The Kier molecular flexibility index (Phi) is 4.99. The number of phenols is 1. The molecule has 0 unspecified atom stereocenters. The van der Waals surface area contributed by atoms with Gasteiger partial charge in [0.05, 0.1) is 25.9 Å². The second kappa shape index (κ2) is 7.56. The Morgan fingerprint density at radius 3 is 3.00 bits per heavy atom. The fraction of sp³-hybridized carbons (Fsp3) is 0.429. The van der Waals surface area contributed by atoms with E-state index in [1.165, 1.54) is 6.07 Å². The summed E-state index contributed by atoms with van der Waals surface area (Å²) in [6.45, 7) is 2.62. The first-order valence-electron chi connectivity index (χ1n) is 9.39. The molecule has 0 bridgehead atoms. The SMILES string of the molecule is O=C(c1cccc(O)c1)N1CC2(C[C@@H](CCOc3cccnc3)CCO2)C1. The zero-order chi connectivity index (χ0) is 18.7. The van der Waals surface area contributed by atoms with E-state index in [0.29, 0.717) is 31.2 Å². The third kappa shape index (κ3) is 4.06. The van der Waals surface area contributed by atoms with Crippen LogP contribution in [0.3, 0.4) is 0 Å². The van der Waals surface area contributed by atoms with Gasteiger partial charge in [0.1, 0.15) is 17.1 Å². The smallest absolute Gasteiger partial charge is 0.254 e. The number of carbonyl (C=O) groups is 1. The van der Waals surface area contributed by atoms with Crippen molar-refractivity contribution in [3.8, 4) is 11.5 Å². The van der Waals surface area contributed by atoms with E-state index in [4.69, 9.17) is 9.47 Å². The lowest BCUT2D eigenvalue weighted by molar-refractivity contribution is -0.166. The van der Waals surface area contributed by atoms with Crippen molar-refractivity contribution in [1.29, 1.82) is 0 Å². The average Bonchev–Trinajstić information content (AvgIpc) is 2.66. The molecule has 0 aliphatic carbocycles. The molecule has 1 amide bonds. The Bertz CT molecular complexity index is 790. The van der Waals surface area contributed by atoms with Gasteiger partial charge in [-0.2, -0.15) is 0 Å². The predicted octanol–water partition coefficient (Wildman–Crippen LogP) is 2.88. The van der Waals surface area contributed by atoms with Gasteiger partial charge in [-0.1, -0.05) is 6.07 Å². The van der Waals surface area contributed by atoms with Gasteiger partial charge in [0.25, 0.3) is 5.91 Å². The first-order valence-corrected chi connectivity index (χ1v) is 9.39. The molecule has 27 heavy (non-hydrogen) atoms. The number of pyridine rings is 1. The van der Waals surface area contributed by atoms with Gasteiger partial charge < -0.3 is 19.5 Å². The zero-order valence-corrected chi connectivity index (χ0v) is 15.2. The molecule has 142 valence electrons. The number of amides is 1. The molecular formula is C21H24N2O4. The minimum atomic E-state index is -0.219. The van der Waals surface area contributed by atoms with E-state index < -0.39 is 0 Å². The number of likely N-dealkylation sites (tertiary alicyclic amines) is 1. The maximum atomic E-state index is 12.5. The lowest BCUT2D eigenvalue weighted by atomic mass is 9.79. The van der Waals surface area contributed by atoms with Gasteiger partial charge in [0.15, 0.2) is 0 Å². The Morgan fingerprint density at radius 1 is 1.33 bits per heavy atom. The van der Waals surface area contributed by atoms with Gasteiger partial charge in [-0.3, -0.25) is 9.78 Å². The molecule has 6 nitrogen and oxygen atoms in total. The summed E-state index contributed by atoms with van der Waals surface area (Å²) in [6.07, 6.45) is 6.41. The fourth-order valence-electron chi connectivity index (χ4n) is 3.99. The molecule has 2 aliphatic heterocycles. The van der Waals surface area contributed by atoms with Crippen LogP contribution in [0.5, 0.6) is 11.5 Å². The van der Waals surface area contributed by atoms with Crippen LogP contribution >= 0.6 is 0 Å². The molecule has 0 radical (unpaired) electrons. The number of ether oxygens (including phenoxy) is 2. The van der Waals surface area contributed by atoms with E-state index in [9.17, 15) is 9.90 Å². The van der Waals surface area contributed by atoms with Crippen LogP contribution in [-0.2, 0) is 4.74 Å². The summed E-state index contributed by atoms with van der Waals surface area (Å²) < 4.78 is 11.8. The van der Waals surface area contributed by atoms with Crippen LogP contribution in [-0.4, -0.2) is 52.8 Å². The molecule has 1 N–H and O–H groups in total. The van der Waals surface area contributed by atoms with E-state index in [1.54, 1.807) is 35.5 Å². The number of aromatic nitrogens is 1. The number of phenolic OH excluding ortho intramolecular Hbond substituents is 1. The maximum absolute atomic E-state index is 12.5. The van der Waals surface area contributed by atoms with Crippen LogP contribution in [0.15, 0.2) is 48.8 Å². The highest BCUT2D eigenvalue weighted by atomic mass is 16.5. The van der Waals surface area contributed by atoms with Crippen molar-refractivity contribution in [2.75, 3.05) is 26.3 Å². The second-order valence-electron chi connectivity index (χ2n) is 7.43. The summed E-state index contributed by atoms with van der Waals surface area (Å²) in [5, 5.41) is 9.56. The maximum Gasteiger partial charge on any atom is 0.254 e. The van der Waals surface area contributed by atoms with Gasteiger partial charge in [-0.25, -0.2) is 0 Å². The average molecular weight is 368 g/mol. The first-order chi connectivity index (χ1) is 13.1. The molecule has 0 saturated carbocycles. The number of hydrogen-bond acceptors (Lipinski definition) is 5. The fourth-order valence-corrected chi connectivity index (χ4v) is 3.99. The van der Waals surface area contributed by atoms with Crippen molar-refractivity contribution in [1.82, 2.24) is 9.88 Å². The Hall–Kier alpha value is -2.60. The molecule has 2 aliphatic rings. The van der Waals surface area contributed by atoms with Gasteiger partial charge in [0, 0.05) is 18.4 Å². The van der Waals surface area contributed by atoms with Gasteiger partial charge in [-0.15, -0.1) is 0 Å². The number of carbonyl (C=O) groups excluding carboxylic acids is 1. The van der Waals surface area contributed by atoms with Gasteiger partial charge in [0.2, 0.25) is 0 Å². The number of hydrogen-bond donors (Lipinski definition) is 1. The number of benzene rings is 1. The van der Waals surface area contributed by atoms with Crippen molar-refractivity contribution in [2.45, 2.75) is 24.9 Å². The normalized spacial score (nSPS) is 20.9. The zero-order valence-electron chi connectivity index (χ0n) is 15.2. The standard InChI is InChI=1S/C21H24N2O4/c24-18-4-1-3-17(11-18)20(25)23-14-21(15-23)12-16(7-10-27-21)6-9-26-19-5-2-8-22-13-19/h1-5,8,11,13,16,24H,6-7,9-10,12,14-15H2/t16-/m0/s1. The Balaban J connectivity index is 1.27. The molecule has 3 heterocycles. The molecule has 2 saturated heterocycles. The van der Waals surface area contributed by atoms with E-state index in [2.05, 4.69) is 4.98 Å². The van der Waals surface area contributed by atoms with E-state index in [1.807, 2.05) is 12.1 Å². The first kappa shape index (κ1) is 17.8. The van der Waals surface area contributed by atoms with Crippen LogP contribution in [0.4, 0.5) is 0 Å². The topological polar surface area (TPSA) is 71.9 Å². The third-order valence-corrected chi connectivity index (χ3v) is 5.36. The second-order valence-corrected chi connectivity index (χ2v) is 7.43. The molecule has 4 rings (SSSR count). The number of rotatable bonds is 5. The highest BCUT2D eigenvalue weighted by Gasteiger charge is 2.49. The van der Waals surface area contributed by atoms with Crippen LogP contribution < -0.4 is 4.74 Å². The largest absolute Gasteiger partial charge is 0.508 e. The van der Waals surface area contributed by atoms with Crippen molar-refractivity contribution in [2.24, 2.45) is 5.92 Å². The van der Waals surface area contributed by atoms with E-state index in [-0.39, 0.29) is 17.3 Å². The molecule has 1 aromatic carbocycles. The van der Waals surface area contributed by atoms with E-state index >= 15 is 0 Å². The summed E-state index contributed by atoms with van der Waals surface area (Å²) in [5.41, 5.74) is 0.297. The summed E-state index contributed by atoms with van der Waals surface area (Å²) in [5.74, 6) is 1.39. The monoisotopic (exact) mass is 368 g/mol. The quantitative estimate of drug-likeness (QED) is 0.879. The van der Waals surface area contributed by atoms with Crippen LogP contribution in [0.1, 0.15) is 29.6 Å². The molecule has 1 aromatic heterocycles. The Labute approximate surface area is 158 Å². The van der Waals surface area contributed by atoms with Crippen LogP contribution in [0.25, 0.3) is 0 Å². The molecule has 1 atom stereocenters. The van der Waals surface area contributed by atoms with Gasteiger partial charge >= 0.3 is 0 Å². The molecule has 2 aromatic rings. The summed E-state index contributed by atoms with van der Waals surface area (Å²) in [6, 6.07) is 10.3. The van der Waals surface area contributed by atoms with Crippen molar-refractivity contribution in [3.05, 3.63) is 54.4 Å². The highest BCUT2D eigenvalue weighted by Crippen LogP contribution is 2.38. The summed E-state index contributed by atoms with van der Waals surface area (Å²) in [4.78, 5) is 18.4. The number of nitrogens with zero attached hydrogens (tertiary/aromatic N) is 2. The van der Waals surface area contributed by atoms with E-state index in [0.717, 1.165) is 31.6 Å². The van der Waals surface area contributed by atoms with Crippen LogP contribution in [0, 0.1) is 5.92 Å². The summed E-state index contributed by atoms with van der Waals surface area (Å²) in [7, 11) is 0. The van der Waals surface area contributed by atoms with Crippen molar-refractivity contribution < 1.29 is 19.4 Å². The third-order valence-electron chi connectivity index (χ3n) is 5.36. The lowest BCUT2D eigenvalue weighted by Gasteiger charge is -2.53. The summed E-state index contributed by atoms with van der Waals surface area (Å²) >= 11 is 0. The van der Waals surface area contributed by atoms with Crippen LogP contribution in [0.2, 0.25) is 0 Å². The minimum absolute atomic E-state index is 0.0536. The Morgan fingerprint density at radius 2 is 2.22 bits per heavy atom. The molecule has 1 spiro atoms. The predicted molar refractivity (Wildman–Crippen MR) is 99.8 cm³/mol. The van der Waals surface area contributed by atoms with Crippen molar-refractivity contribution in [3.63, 3.8) is 0 Å².